The van der Waals surface area contributed by atoms with E-state index < -0.39 is 0 Å². The van der Waals surface area contributed by atoms with Crippen LogP contribution in [0, 0.1) is 42.4 Å². The highest BCUT2D eigenvalue weighted by molar-refractivity contribution is 7.99. The number of hydrogen-bond donors (Lipinski definition) is 2. The summed E-state index contributed by atoms with van der Waals surface area (Å²) in [6.07, 6.45) is 18.4. The van der Waals surface area contributed by atoms with E-state index in [9.17, 15) is 10.2 Å². The monoisotopic (exact) mass is 740 g/mol. The molecule has 8 fully saturated rings. The molecule has 12 rings (SSSR count). The predicted molar refractivity (Wildman–Crippen MR) is 222 cm³/mol. The molecule has 0 saturated heterocycles. The molecule has 0 unspecified atom stereocenters. The highest BCUT2D eigenvalue weighted by Gasteiger charge is 2.54. The van der Waals surface area contributed by atoms with Gasteiger partial charge in [0, 0.05) is 32.0 Å². The number of phenolic OH excluding ortho intramolecular Hbond substituents is 2. The van der Waals surface area contributed by atoms with Crippen molar-refractivity contribution in [2.45, 2.75) is 117 Å². The molecule has 276 valence electrons. The minimum absolute atomic E-state index is 0.175. The normalized spacial score (nSPS) is 32.1. The third-order valence-electron chi connectivity index (χ3n) is 14.9. The van der Waals surface area contributed by atoms with Gasteiger partial charge in [-0.3, -0.25) is 0 Å². The van der Waals surface area contributed by atoms with Crippen LogP contribution in [0.2, 0.25) is 0 Å². The van der Waals surface area contributed by atoms with Crippen molar-refractivity contribution < 1.29 is 10.2 Å². The van der Waals surface area contributed by atoms with Crippen molar-refractivity contribution in [3.63, 3.8) is 0 Å². The number of hydrogen-bond acceptors (Lipinski definition) is 4. The van der Waals surface area contributed by atoms with Crippen LogP contribution in [0.1, 0.15) is 107 Å². The molecule has 0 heterocycles. The van der Waals surface area contributed by atoms with Gasteiger partial charge in [0.25, 0.3) is 0 Å². The molecule has 2 nitrogen and oxygen atoms in total. The zero-order chi connectivity index (χ0) is 35.7. The molecule has 4 aromatic rings. The third kappa shape index (κ3) is 6.27. The number of unbranched alkanes of at least 4 members (excludes halogenated alkanes) is 1. The second-order valence-corrected chi connectivity index (χ2v) is 21.0. The Kier molecular flexibility index (Phi) is 8.98. The van der Waals surface area contributed by atoms with Gasteiger partial charge < -0.3 is 10.2 Å². The van der Waals surface area contributed by atoms with Crippen LogP contribution < -0.4 is 0 Å². The van der Waals surface area contributed by atoms with E-state index >= 15 is 0 Å². The topological polar surface area (TPSA) is 40.5 Å². The molecule has 4 heteroatoms. The average Bonchev–Trinajstić information content (AvgIpc) is 3.13. The molecule has 2 N–H and O–H groups in total. The summed E-state index contributed by atoms with van der Waals surface area (Å²) in [5.41, 5.74) is 8.51. The van der Waals surface area contributed by atoms with Gasteiger partial charge in [-0.15, -0.1) is 23.5 Å². The molecule has 53 heavy (non-hydrogen) atoms. The fourth-order valence-electron chi connectivity index (χ4n) is 13.7. The average molecular weight is 741 g/mol. The van der Waals surface area contributed by atoms with Crippen LogP contribution in [0.4, 0.5) is 0 Å². The Labute approximate surface area is 326 Å². The van der Waals surface area contributed by atoms with Gasteiger partial charge in [-0.2, -0.15) is 0 Å². The summed E-state index contributed by atoms with van der Waals surface area (Å²) in [7, 11) is 0. The maximum Gasteiger partial charge on any atom is 0.127 e. The van der Waals surface area contributed by atoms with Gasteiger partial charge >= 0.3 is 0 Å². The summed E-state index contributed by atoms with van der Waals surface area (Å²) < 4.78 is 0. The van der Waals surface area contributed by atoms with Crippen molar-refractivity contribution in [2.24, 2.45) is 35.5 Å². The van der Waals surface area contributed by atoms with Gasteiger partial charge in [-0.05, 0) is 190 Å². The van der Waals surface area contributed by atoms with E-state index in [1.807, 2.05) is 23.5 Å². The van der Waals surface area contributed by atoms with Gasteiger partial charge in [0.05, 0.1) is 0 Å². The molecule has 4 aromatic carbocycles. The number of rotatable bonds is 11. The van der Waals surface area contributed by atoms with Gasteiger partial charge in [-0.25, -0.2) is 0 Å². The smallest absolute Gasteiger partial charge is 0.127 e. The van der Waals surface area contributed by atoms with Crippen molar-refractivity contribution in [3.8, 4) is 33.8 Å². The van der Waals surface area contributed by atoms with Crippen molar-refractivity contribution >= 4 is 23.5 Å². The molecule has 0 spiro atoms. The number of aromatic hydroxyl groups is 2. The first kappa shape index (κ1) is 34.7. The van der Waals surface area contributed by atoms with Gasteiger partial charge in [0.15, 0.2) is 0 Å². The molecule has 0 aromatic heterocycles. The van der Waals surface area contributed by atoms with Crippen molar-refractivity contribution in [1.82, 2.24) is 0 Å². The highest BCUT2D eigenvalue weighted by Crippen LogP contribution is 2.64. The first-order valence-corrected chi connectivity index (χ1v) is 22.9. The Morgan fingerprint density at radius 3 is 1.42 bits per heavy atom. The molecule has 8 aliphatic rings. The van der Waals surface area contributed by atoms with Crippen LogP contribution in [-0.2, 0) is 10.8 Å². The summed E-state index contributed by atoms with van der Waals surface area (Å²) in [6, 6.07) is 28.7. The number of benzene rings is 4. The lowest BCUT2D eigenvalue weighted by molar-refractivity contribution is -0.00626. The van der Waals surface area contributed by atoms with Crippen LogP contribution in [0.15, 0.2) is 88.7 Å². The third-order valence-corrected chi connectivity index (χ3v) is 17.2. The quantitative estimate of drug-likeness (QED) is 0.119. The van der Waals surface area contributed by atoms with E-state index in [-0.39, 0.29) is 10.8 Å². The van der Waals surface area contributed by atoms with Crippen molar-refractivity contribution in [3.05, 3.63) is 95.6 Å². The van der Waals surface area contributed by atoms with E-state index in [2.05, 4.69) is 85.8 Å². The minimum atomic E-state index is 0.175. The predicted octanol–water partition coefficient (Wildman–Crippen LogP) is 13.3. The summed E-state index contributed by atoms with van der Waals surface area (Å²) in [5.74, 6) is 8.35. The Balaban J connectivity index is 0.805. The molecule has 0 radical (unpaired) electrons. The first-order chi connectivity index (χ1) is 25.8. The van der Waals surface area contributed by atoms with Crippen LogP contribution in [-0.4, -0.2) is 21.7 Å². The van der Waals surface area contributed by atoms with Gasteiger partial charge in [0.2, 0.25) is 0 Å². The molecule has 8 bridgehead atoms. The lowest BCUT2D eigenvalue weighted by Crippen LogP contribution is -2.48. The largest absolute Gasteiger partial charge is 0.507 e. The van der Waals surface area contributed by atoms with Crippen LogP contribution in [0.5, 0.6) is 11.5 Å². The van der Waals surface area contributed by atoms with Crippen LogP contribution >= 0.6 is 23.5 Å². The maximum absolute atomic E-state index is 12.0. The zero-order valence-electron chi connectivity index (χ0n) is 31.5. The Morgan fingerprint density at radius 2 is 0.906 bits per heavy atom. The molecule has 8 saturated carbocycles. The SMILES string of the molecule is Cc1cc(-c2ccccc2SCCCCSc2ccccc2-c2cccc(C34CC5C[C@H](C3)C[C@@H](C5)C4)c2O)c(O)c(C23CC4C[C@H](C2)C[C@@H](C4)C3)c1. The minimum Gasteiger partial charge on any atom is -0.507 e. The fraction of sp³-hybridized carbons (Fsp3) is 0.510. The maximum atomic E-state index is 12.0. The Bertz CT molecular complexity index is 1940. The molecule has 0 amide bonds. The number of para-hydroxylation sites is 1. The zero-order valence-corrected chi connectivity index (χ0v) is 33.1. The van der Waals surface area contributed by atoms with E-state index in [0.717, 1.165) is 71.0 Å². The molecular formula is C49H56O2S2. The molecule has 0 aliphatic heterocycles. The lowest BCUT2D eigenvalue weighted by atomic mass is 9.48. The van der Waals surface area contributed by atoms with E-state index in [0.29, 0.717) is 11.5 Å². The van der Waals surface area contributed by atoms with E-state index in [4.69, 9.17) is 0 Å². The Morgan fingerprint density at radius 1 is 0.491 bits per heavy atom. The van der Waals surface area contributed by atoms with Gasteiger partial charge in [-0.1, -0.05) is 60.7 Å². The van der Waals surface area contributed by atoms with E-state index in [1.165, 1.54) is 115 Å². The van der Waals surface area contributed by atoms with Crippen LogP contribution in [0.3, 0.4) is 0 Å². The van der Waals surface area contributed by atoms with Gasteiger partial charge in [0.1, 0.15) is 11.5 Å². The lowest BCUT2D eigenvalue weighted by Gasteiger charge is -2.57. The summed E-state index contributed by atoms with van der Waals surface area (Å²) in [6.45, 7) is 2.22. The summed E-state index contributed by atoms with van der Waals surface area (Å²) in [4.78, 5) is 2.55. The summed E-state index contributed by atoms with van der Waals surface area (Å²) >= 11 is 3.88. The second-order valence-electron chi connectivity index (χ2n) is 18.7. The van der Waals surface area contributed by atoms with E-state index in [1.54, 1.807) is 0 Å². The molecule has 8 aliphatic carbocycles. The highest BCUT2D eigenvalue weighted by atomic mass is 32.2. The van der Waals surface area contributed by atoms with Crippen molar-refractivity contribution in [2.75, 3.05) is 11.5 Å². The number of aryl methyl sites for hydroxylation is 1. The fourth-order valence-corrected chi connectivity index (χ4v) is 15.8. The number of phenols is 2. The first-order valence-electron chi connectivity index (χ1n) is 21.0. The molecular weight excluding hydrogens is 685 g/mol. The van der Waals surface area contributed by atoms with Crippen LogP contribution in [0.25, 0.3) is 22.3 Å². The number of thioether (sulfide) groups is 2. The standard InChI is InChI=1S/C49H56O2S2/c1-31-17-41(47(51)43(18-31)49-28-35-22-36(29-49)24-37(23-35)30-49)39-10-3-5-14-45(39)53-16-7-6-15-52-44-13-4-2-9-38(44)40-11-8-12-42(46(40)50)48-25-32-19-33(26-48)21-34(20-32)27-48/h2-5,8-14,17-18,32-37,50-51H,6-7,15-16,19-30H2,1H3/t32-,33+,34?,35-,36+,37?,48?,49?. The summed E-state index contributed by atoms with van der Waals surface area (Å²) in [5, 5.41) is 23.9. The molecule has 0 atom stereocenters. The second kappa shape index (κ2) is 13.7. The van der Waals surface area contributed by atoms with Crippen molar-refractivity contribution in [1.29, 1.82) is 0 Å². The Hall–Kier alpha value is -2.82.